The van der Waals surface area contributed by atoms with E-state index in [1.54, 1.807) is 0 Å². The van der Waals surface area contributed by atoms with Crippen LogP contribution in [0.2, 0.25) is 0 Å². The van der Waals surface area contributed by atoms with Crippen LogP contribution in [0.15, 0.2) is 24.3 Å². The predicted molar refractivity (Wildman–Crippen MR) is 119 cm³/mol. The summed E-state index contributed by atoms with van der Waals surface area (Å²) in [5, 5.41) is 5.72. The minimum atomic E-state index is -3.22. The van der Waals surface area contributed by atoms with Gasteiger partial charge in [0.05, 0.1) is 29.4 Å². The number of nitrogens with one attached hydrogen (secondary N) is 2. The fourth-order valence-electron chi connectivity index (χ4n) is 4.72. The molecule has 2 unspecified atom stereocenters. The average molecular weight is 456 g/mol. The third-order valence-corrected chi connectivity index (χ3v) is 7.89. The molecule has 3 aliphatic heterocycles. The van der Waals surface area contributed by atoms with Crippen molar-refractivity contribution < 1.29 is 17.9 Å². The lowest BCUT2D eigenvalue weighted by atomic mass is 10.1. The van der Waals surface area contributed by atoms with Crippen LogP contribution >= 0.6 is 0 Å². The van der Waals surface area contributed by atoms with Crippen LogP contribution in [0.5, 0.6) is 0 Å². The molecule has 10 heteroatoms. The number of amides is 2. The van der Waals surface area contributed by atoms with Crippen molar-refractivity contribution in [2.24, 2.45) is 0 Å². The van der Waals surface area contributed by atoms with E-state index in [-0.39, 0.29) is 29.7 Å². The third-order valence-electron chi connectivity index (χ3n) is 6.45. The maximum absolute atomic E-state index is 12.4. The molecule has 9 nitrogen and oxygen atoms in total. The molecular formula is C22H25N5O4S. The zero-order valence-electron chi connectivity index (χ0n) is 17.6. The minimum absolute atomic E-state index is 0.0103. The summed E-state index contributed by atoms with van der Waals surface area (Å²) in [5.41, 5.74) is 2.78. The molecule has 1 aromatic heterocycles. The minimum Gasteiger partial charge on any atom is -0.371 e. The number of morpholine rings is 1. The summed E-state index contributed by atoms with van der Waals surface area (Å²) in [6, 6.07) is 7.41. The van der Waals surface area contributed by atoms with Gasteiger partial charge in [0.2, 0.25) is 0 Å². The Bertz CT molecular complexity index is 1170. The summed E-state index contributed by atoms with van der Waals surface area (Å²) in [4.78, 5) is 23.6. The fraction of sp³-hybridized carbons (Fsp3) is 0.500. The first-order valence-electron chi connectivity index (χ1n) is 11.1. The molecule has 6 rings (SSSR count). The lowest BCUT2D eigenvalue weighted by Crippen LogP contribution is -2.43. The normalized spacial score (nSPS) is 25.4. The first-order valence-corrected chi connectivity index (χ1v) is 12.9. The Balaban J connectivity index is 1.30. The molecule has 4 heterocycles. The Hall–Kier alpha value is -2.72. The number of aromatic nitrogens is 2. The second-order valence-electron chi connectivity index (χ2n) is 9.14. The second-order valence-corrected chi connectivity index (χ2v) is 11.2. The van der Waals surface area contributed by atoms with Crippen LogP contribution in [-0.4, -0.2) is 55.8 Å². The molecule has 0 spiro atoms. The quantitative estimate of drug-likeness (QED) is 0.727. The van der Waals surface area contributed by atoms with Crippen LogP contribution in [0, 0.1) is 0 Å². The van der Waals surface area contributed by atoms with Crippen molar-refractivity contribution in [2.45, 2.75) is 55.4 Å². The van der Waals surface area contributed by atoms with E-state index in [1.165, 1.54) is 0 Å². The van der Waals surface area contributed by atoms with Gasteiger partial charge < -0.3 is 20.3 Å². The van der Waals surface area contributed by atoms with Gasteiger partial charge in [-0.25, -0.2) is 23.2 Å². The standard InChI is InChI=1S/C22H25N5O4S/c28-22(24-15-5-6-15)23-14-3-1-13(2-4-14)20-25-19-12-32(29,30)11-18(19)21(26-20)27-9-16-7-8-17(10-27)31-16/h1-4,15-17H,5-12H2,(H2,23,24,28). The number of hydrogen-bond donors (Lipinski definition) is 2. The summed E-state index contributed by atoms with van der Waals surface area (Å²) < 4.78 is 30.7. The lowest BCUT2D eigenvalue weighted by Gasteiger charge is -2.34. The summed E-state index contributed by atoms with van der Waals surface area (Å²) in [6.45, 7) is 1.44. The number of nitrogens with zero attached hydrogens (tertiary/aromatic N) is 3. The number of sulfone groups is 1. The molecule has 3 fully saturated rings. The van der Waals surface area contributed by atoms with Gasteiger partial charge in [-0.3, -0.25) is 0 Å². The molecule has 1 aliphatic carbocycles. The molecule has 2 atom stereocenters. The Morgan fingerprint density at radius 2 is 1.72 bits per heavy atom. The highest BCUT2D eigenvalue weighted by Gasteiger charge is 2.38. The van der Waals surface area contributed by atoms with E-state index in [0.29, 0.717) is 23.2 Å². The highest BCUT2D eigenvalue weighted by molar-refractivity contribution is 7.90. The topological polar surface area (TPSA) is 114 Å². The fourth-order valence-corrected chi connectivity index (χ4v) is 6.22. The number of ether oxygens (including phenoxy) is 1. The van der Waals surface area contributed by atoms with E-state index >= 15 is 0 Å². The van der Waals surface area contributed by atoms with Gasteiger partial charge in [0.15, 0.2) is 15.7 Å². The smallest absolute Gasteiger partial charge is 0.319 e. The number of fused-ring (bicyclic) bond motifs is 3. The predicted octanol–water partition coefficient (Wildman–Crippen LogP) is 2.22. The number of anilines is 2. The number of carbonyl (C=O) groups excluding carboxylic acids is 1. The van der Waals surface area contributed by atoms with E-state index in [2.05, 4.69) is 20.5 Å². The molecule has 2 saturated heterocycles. The van der Waals surface area contributed by atoms with Crippen molar-refractivity contribution in [3.8, 4) is 11.4 Å². The maximum atomic E-state index is 12.4. The van der Waals surface area contributed by atoms with E-state index < -0.39 is 9.84 Å². The molecule has 4 aliphatic rings. The Morgan fingerprint density at radius 3 is 2.41 bits per heavy atom. The van der Waals surface area contributed by atoms with Gasteiger partial charge >= 0.3 is 6.03 Å². The van der Waals surface area contributed by atoms with Gasteiger partial charge in [-0.2, -0.15) is 0 Å². The summed E-state index contributed by atoms with van der Waals surface area (Å²) in [6.07, 6.45) is 4.47. The average Bonchev–Trinajstić information content (AvgIpc) is 3.42. The Morgan fingerprint density at radius 1 is 1.00 bits per heavy atom. The zero-order chi connectivity index (χ0) is 21.9. The molecule has 168 valence electrons. The highest BCUT2D eigenvalue weighted by atomic mass is 32.2. The largest absolute Gasteiger partial charge is 0.371 e. The van der Waals surface area contributed by atoms with Crippen LogP contribution in [0.1, 0.15) is 36.9 Å². The molecule has 1 saturated carbocycles. The number of carbonyl (C=O) groups is 1. The first kappa shape index (κ1) is 19.9. The van der Waals surface area contributed by atoms with Crippen molar-refractivity contribution in [1.82, 2.24) is 15.3 Å². The van der Waals surface area contributed by atoms with Crippen molar-refractivity contribution in [3.05, 3.63) is 35.5 Å². The molecule has 2 amide bonds. The van der Waals surface area contributed by atoms with Crippen molar-refractivity contribution in [3.63, 3.8) is 0 Å². The number of rotatable bonds is 4. The van der Waals surface area contributed by atoms with Crippen LogP contribution in [0.4, 0.5) is 16.3 Å². The van der Waals surface area contributed by atoms with Gasteiger partial charge in [-0.05, 0) is 49.9 Å². The van der Waals surface area contributed by atoms with Gasteiger partial charge in [0.25, 0.3) is 0 Å². The lowest BCUT2D eigenvalue weighted by molar-refractivity contribution is 0.0302. The SMILES string of the molecule is O=C(Nc1ccc(-c2nc3c(c(N4CC5CCC(C4)O5)n2)CS(=O)(=O)C3)cc1)NC1CC1. The molecule has 1 aromatic carbocycles. The van der Waals surface area contributed by atoms with Crippen molar-refractivity contribution in [1.29, 1.82) is 0 Å². The second kappa shape index (κ2) is 7.41. The third kappa shape index (κ3) is 3.93. The van der Waals surface area contributed by atoms with Gasteiger partial charge in [0.1, 0.15) is 5.82 Å². The van der Waals surface area contributed by atoms with E-state index in [4.69, 9.17) is 9.72 Å². The molecular weight excluding hydrogens is 430 g/mol. The molecule has 2 aromatic rings. The number of benzene rings is 1. The summed E-state index contributed by atoms with van der Waals surface area (Å²) in [7, 11) is -3.22. The first-order chi connectivity index (χ1) is 15.4. The summed E-state index contributed by atoms with van der Waals surface area (Å²) in [5.74, 6) is 1.16. The van der Waals surface area contributed by atoms with Crippen LogP contribution in [0.25, 0.3) is 11.4 Å². The van der Waals surface area contributed by atoms with E-state index in [0.717, 1.165) is 55.7 Å². The highest BCUT2D eigenvalue weighted by Crippen LogP contribution is 2.36. The molecule has 2 bridgehead atoms. The Kier molecular flexibility index (Phi) is 4.62. The monoisotopic (exact) mass is 455 g/mol. The maximum Gasteiger partial charge on any atom is 0.319 e. The van der Waals surface area contributed by atoms with Gasteiger partial charge in [0, 0.05) is 35.9 Å². The van der Waals surface area contributed by atoms with Crippen molar-refractivity contribution >= 4 is 27.4 Å². The van der Waals surface area contributed by atoms with Crippen LogP contribution in [-0.2, 0) is 26.1 Å². The Labute approximate surface area is 186 Å². The van der Waals surface area contributed by atoms with E-state index in [1.807, 2.05) is 24.3 Å². The molecule has 0 radical (unpaired) electrons. The van der Waals surface area contributed by atoms with Crippen molar-refractivity contribution in [2.75, 3.05) is 23.3 Å². The number of urea groups is 1. The van der Waals surface area contributed by atoms with Gasteiger partial charge in [-0.15, -0.1) is 0 Å². The molecule has 2 N–H and O–H groups in total. The van der Waals surface area contributed by atoms with Gasteiger partial charge in [-0.1, -0.05) is 0 Å². The van der Waals surface area contributed by atoms with Crippen LogP contribution < -0.4 is 15.5 Å². The zero-order valence-corrected chi connectivity index (χ0v) is 18.4. The molecule has 32 heavy (non-hydrogen) atoms. The summed E-state index contributed by atoms with van der Waals surface area (Å²) >= 11 is 0. The number of hydrogen-bond acceptors (Lipinski definition) is 7. The van der Waals surface area contributed by atoms with Crippen LogP contribution in [0.3, 0.4) is 0 Å². The van der Waals surface area contributed by atoms with E-state index in [9.17, 15) is 13.2 Å².